The molecule has 3 rings (SSSR count). The van der Waals surface area contributed by atoms with Gasteiger partial charge >= 0.3 is 0 Å². The maximum absolute atomic E-state index is 12.8. The number of hydrogen-bond acceptors (Lipinski definition) is 4. The summed E-state index contributed by atoms with van der Waals surface area (Å²) < 4.78 is 0. The number of unbranched alkanes of at least 4 members (excludes halogenated alkanes) is 1. The molecule has 0 aliphatic carbocycles. The van der Waals surface area contributed by atoms with Gasteiger partial charge in [-0.1, -0.05) is 64.2 Å². The highest BCUT2D eigenvalue weighted by atomic mass is 16.2. The predicted molar refractivity (Wildman–Crippen MR) is 160 cm³/mol. The van der Waals surface area contributed by atoms with Crippen molar-refractivity contribution in [1.82, 2.24) is 9.80 Å². The maximum atomic E-state index is 12.8. The number of carbonyl (C=O) groups is 4. The lowest BCUT2D eigenvalue weighted by Gasteiger charge is -2.23. The van der Waals surface area contributed by atoms with E-state index >= 15 is 0 Å². The van der Waals surface area contributed by atoms with Crippen molar-refractivity contribution >= 4 is 23.6 Å². The zero-order valence-electron chi connectivity index (χ0n) is 24.5. The van der Waals surface area contributed by atoms with Gasteiger partial charge in [-0.2, -0.15) is 0 Å². The molecule has 40 heavy (non-hydrogen) atoms. The Morgan fingerprint density at radius 1 is 0.525 bits per heavy atom. The minimum atomic E-state index is -0.462. The Morgan fingerprint density at radius 2 is 0.900 bits per heavy atom. The summed E-state index contributed by atoms with van der Waals surface area (Å²) in [5.41, 5.74) is 11.4. The Labute approximate surface area is 241 Å². The number of hydrogen-bond donors (Lipinski definition) is 2. The van der Waals surface area contributed by atoms with E-state index in [0.29, 0.717) is 24.0 Å². The third kappa shape index (κ3) is 13.9. The molecule has 2 fully saturated rings. The Morgan fingerprint density at radius 3 is 1.32 bits per heavy atom. The fraction of sp³-hybridized carbons (Fsp3) is 0.688. The second-order valence-corrected chi connectivity index (χ2v) is 11.2. The lowest BCUT2D eigenvalue weighted by molar-refractivity contribution is -0.131. The van der Waals surface area contributed by atoms with E-state index in [9.17, 15) is 19.2 Å². The molecular weight excluding hydrogens is 504 g/mol. The molecule has 1 aromatic rings. The number of primary amides is 2. The van der Waals surface area contributed by atoms with Crippen molar-refractivity contribution in [2.24, 2.45) is 11.5 Å². The van der Waals surface area contributed by atoms with Gasteiger partial charge in [-0.3, -0.25) is 19.2 Å². The molecule has 2 aliphatic rings. The topological polar surface area (TPSA) is 127 Å². The Bertz CT molecular complexity index is 881. The van der Waals surface area contributed by atoms with Crippen molar-refractivity contribution in [3.8, 4) is 0 Å². The van der Waals surface area contributed by atoms with Gasteiger partial charge in [0, 0.05) is 50.1 Å². The Balaban J connectivity index is 0.000000305. The summed E-state index contributed by atoms with van der Waals surface area (Å²) in [5.74, 6) is -0.425. The van der Waals surface area contributed by atoms with Crippen LogP contribution in [0.3, 0.4) is 0 Å². The molecule has 0 unspecified atom stereocenters. The molecule has 224 valence electrons. The van der Waals surface area contributed by atoms with Crippen LogP contribution in [0, 0.1) is 0 Å². The molecule has 4 amide bonds. The van der Waals surface area contributed by atoms with Crippen LogP contribution in [0.15, 0.2) is 24.3 Å². The van der Waals surface area contributed by atoms with Crippen LogP contribution in [0.25, 0.3) is 0 Å². The van der Waals surface area contributed by atoms with E-state index in [2.05, 4.69) is 0 Å². The van der Waals surface area contributed by atoms with Crippen molar-refractivity contribution in [3.63, 3.8) is 0 Å². The van der Waals surface area contributed by atoms with E-state index < -0.39 is 5.91 Å². The molecule has 0 aromatic heterocycles. The summed E-state index contributed by atoms with van der Waals surface area (Å²) in [5, 5.41) is 0. The Hall–Kier alpha value is -2.90. The van der Waals surface area contributed by atoms with Crippen LogP contribution < -0.4 is 11.5 Å². The van der Waals surface area contributed by atoms with Gasteiger partial charge in [0.25, 0.3) is 5.91 Å². The smallest absolute Gasteiger partial charge is 0.253 e. The van der Waals surface area contributed by atoms with Crippen LogP contribution in [0.5, 0.6) is 0 Å². The predicted octanol–water partition coefficient (Wildman–Crippen LogP) is 5.58. The second kappa shape index (κ2) is 20.0. The zero-order valence-corrected chi connectivity index (χ0v) is 24.5. The first kappa shape index (κ1) is 33.3. The fourth-order valence-corrected chi connectivity index (χ4v) is 5.35. The van der Waals surface area contributed by atoms with Gasteiger partial charge in [0.15, 0.2) is 0 Å². The summed E-state index contributed by atoms with van der Waals surface area (Å²) >= 11 is 0. The average Bonchev–Trinajstić information content (AvgIpc) is 3.23. The Kier molecular flexibility index (Phi) is 16.7. The molecule has 2 aliphatic heterocycles. The summed E-state index contributed by atoms with van der Waals surface area (Å²) in [4.78, 5) is 50.2. The van der Waals surface area contributed by atoms with Gasteiger partial charge in [-0.25, -0.2) is 0 Å². The molecule has 0 spiro atoms. The van der Waals surface area contributed by atoms with E-state index in [0.717, 1.165) is 64.7 Å². The normalized spacial score (nSPS) is 17.6. The van der Waals surface area contributed by atoms with Gasteiger partial charge in [-0.15, -0.1) is 0 Å². The number of nitrogens with zero attached hydrogens (tertiary/aromatic N) is 2. The lowest BCUT2D eigenvalue weighted by Crippen LogP contribution is -2.33. The molecular formula is C32H52N4O4. The molecule has 0 radical (unpaired) electrons. The fourth-order valence-electron chi connectivity index (χ4n) is 5.35. The monoisotopic (exact) mass is 556 g/mol. The molecule has 2 saturated heterocycles. The van der Waals surface area contributed by atoms with Gasteiger partial charge in [0.05, 0.1) is 0 Å². The molecule has 8 heteroatoms. The third-order valence-corrected chi connectivity index (χ3v) is 7.83. The van der Waals surface area contributed by atoms with E-state index in [-0.39, 0.29) is 17.7 Å². The van der Waals surface area contributed by atoms with Crippen molar-refractivity contribution in [2.75, 3.05) is 26.2 Å². The quantitative estimate of drug-likeness (QED) is 0.425. The number of amides is 4. The van der Waals surface area contributed by atoms with Crippen molar-refractivity contribution in [2.45, 2.75) is 116 Å². The summed E-state index contributed by atoms with van der Waals surface area (Å²) in [7, 11) is 0. The van der Waals surface area contributed by atoms with Crippen molar-refractivity contribution in [1.29, 1.82) is 0 Å². The van der Waals surface area contributed by atoms with Gasteiger partial charge in [0.1, 0.15) is 0 Å². The van der Waals surface area contributed by atoms with Gasteiger partial charge in [0.2, 0.25) is 17.7 Å². The molecule has 0 atom stereocenters. The SMILES string of the molecule is NC(=O)CCCCC(=O)N1CCCCCC1.NC(=O)c1ccc(C(=O)N2CCCCCCCCCCCC2)cc1. The lowest BCUT2D eigenvalue weighted by atomic mass is 10.1. The van der Waals surface area contributed by atoms with Crippen LogP contribution >= 0.6 is 0 Å². The van der Waals surface area contributed by atoms with Gasteiger partial charge < -0.3 is 21.3 Å². The van der Waals surface area contributed by atoms with Crippen LogP contribution in [0.1, 0.15) is 136 Å². The molecule has 2 heterocycles. The first-order chi connectivity index (χ1) is 19.4. The highest BCUT2D eigenvalue weighted by molar-refractivity contribution is 5.97. The van der Waals surface area contributed by atoms with Gasteiger partial charge in [-0.05, 0) is 62.8 Å². The minimum absolute atomic E-state index is 0.0703. The molecule has 8 nitrogen and oxygen atoms in total. The number of rotatable bonds is 7. The third-order valence-electron chi connectivity index (χ3n) is 7.83. The van der Waals surface area contributed by atoms with E-state index in [1.165, 1.54) is 64.2 Å². The average molecular weight is 557 g/mol. The molecule has 1 aromatic carbocycles. The zero-order chi connectivity index (χ0) is 29.0. The summed E-state index contributed by atoms with van der Waals surface area (Å²) in [6.45, 7) is 3.48. The first-order valence-electron chi connectivity index (χ1n) is 15.6. The number of likely N-dealkylation sites (tertiary alicyclic amines) is 1. The number of benzene rings is 1. The van der Waals surface area contributed by atoms with Crippen LogP contribution in [0.4, 0.5) is 0 Å². The van der Waals surface area contributed by atoms with Crippen LogP contribution in [0.2, 0.25) is 0 Å². The van der Waals surface area contributed by atoms with Crippen LogP contribution in [-0.4, -0.2) is 59.6 Å². The van der Waals surface area contributed by atoms with E-state index in [4.69, 9.17) is 11.5 Å². The van der Waals surface area contributed by atoms with Crippen LogP contribution in [-0.2, 0) is 9.59 Å². The number of nitrogens with two attached hydrogens (primary N) is 2. The summed E-state index contributed by atoms with van der Waals surface area (Å²) in [6.07, 6.45) is 19.7. The molecule has 0 saturated carbocycles. The number of carbonyl (C=O) groups excluding carboxylic acids is 4. The van der Waals surface area contributed by atoms with E-state index in [1.54, 1.807) is 24.3 Å². The highest BCUT2D eigenvalue weighted by Gasteiger charge is 2.16. The van der Waals surface area contributed by atoms with Crippen molar-refractivity contribution < 1.29 is 19.2 Å². The van der Waals surface area contributed by atoms with E-state index in [1.807, 2.05) is 9.80 Å². The second-order valence-electron chi connectivity index (χ2n) is 11.2. The molecule has 0 bridgehead atoms. The minimum Gasteiger partial charge on any atom is -0.370 e. The highest BCUT2D eigenvalue weighted by Crippen LogP contribution is 2.16. The largest absolute Gasteiger partial charge is 0.370 e. The van der Waals surface area contributed by atoms with Crippen molar-refractivity contribution in [3.05, 3.63) is 35.4 Å². The summed E-state index contributed by atoms with van der Waals surface area (Å²) in [6, 6.07) is 6.69. The first-order valence-corrected chi connectivity index (χ1v) is 15.6. The maximum Gasteiger partial charge on any atom is 0.253 e. The standard InChI is InChI=1S/C20H30N2O2.C12H22N2O2/c21-19(23)17-11-13-18(14-12-17)20(24)22-15-9-7-5-3-1-2-4-6-8-10-16-22;13-11(15)7-3-4-8-12(16)14-9-5-1-2-6-10-14/h11-14H,1-10,15-16H2,(H2,21,23);1-10H2,(H2,13,15). The molecule has 4 N–H and O–H groups in total.